The number of hydrogen-bond acceptors (Lipinski definition) is 2. The van der Waals surface area contributed by atoms with Crippen molar-refractivity contribution in [2.75, 3.05) is 6.54 Å². The first-order valence-electron chi connectivity index (χ1n) is 8.03. The highest BCUT2D eigenvalue weighted by Crippen LogP contribution is 2.48. The van der Waals surface area contributed by atoms with Crippen LogP contribution in [-0.4, -0.2) is 23.5 Å². The van der Waals surface area contributed by atoms with Crippen LogP contribution in [0.15, 0.2) is 42.5 Å². The molecule has 1 aliphatic carbocycles. The van der Waals surface area contributed by atoms with Gasteiger partial charge in [0.15, 0.2) is 0 Å². The molecule has 120 valence electrons. The number of nitrogens with one attached hydrogen (secondary N) is 1. The van der Waals surface area contributed by atoms with E-state index in [-0.39, 0.29) is 30.1 Å². The Hall–Kier alpha value is -2.36. The predicted octanol–water partition coefficient (Wildman–Crippen LogP) is 3.17. The van der Waals surface area contributed by atoms with Crippen molar-refractivity contribution in [1.29, 1.82) is 0 Å². The molecule has 1 amide bonds. The van der Waals surface area contributed by atoms with Gasteiger partial charge in [0.2, 0.25) is 5.91 Å². The third-order valence-corrected chi connectivity index (χ3v) is 4.48. The van der Waals surface area contributed by atoms with Gasteiger partial charge >= 0.3 is 5.97 Å². The number of carbonyl (C=O) groups is 2. The average Bonchev–Trinajstić information content (AvgIpc) is 3.32. The highest BCUT2D eigenvalue weighted by Gasteiger charge is 2.43. The third kappa shape index (κ3) is 3.70. The second-order valence-corrected chi connectivity index (χ2v) is 6.50. The Morgan fingerprint density at radius 1 is 1.22 bits per heavy atom. The molecule has 0 bridgehead atoms. The Bertz CT molecular complexity index is 740. The smallest absolute Gasteiger partial charge is 0.303 e. The molecule has 2 aromatic carbocycles. The fourth-order valence-electron chi connectivity index (χ4n) is 3.07. The molecule has 0 aliphatic heterocycles. The minimum atomic E-state index is -0.827. The van der Waals surface area contributed by atoms with E-state index in [1.807, 2.05) is 19.1 Å². The van der Waals surface area contributed by atoms with Crippen LogP contribution in [0.5, 0.6) is 0 Å². The summed E-state index contributed by atoms with van der Waals surface area (Å²) < 4.78 is 0. The zero-order chi connectivity index (χ0) is 16.4. The molecule has 4 heteroatoms. The van der Waals surface area contributed by atoms with Crippen molar-refractivity contribution in [2.24, 2.45) is 11.8 Å². The number of amides is 1. The van der Waals surface area contributed by atoms with E-state index in [1.54, 1.807) is 0 Å². The normalized spacial score (nSPS) is 20.9. The number of aliphatic carboxylic acids is 1. The van der Waals surface area contributed by atoms with Crippen LogP contribution in [0.2, 0.25) is 0 Å². The van der Waals surface area contributed by atoms with E-state index in [0.717, 1.165) is 6.42 Å². The number of fused-ring (bicyclic) bond motifs is 1. The van der Waals surface area contributed by atoms with Crippen LogP contribution in [-0.2, 0) is 9.59 Å². The fraction of sp³-hybridized carbons (Fsp3) is 0.368. The molecule has 3 atom stereocenters. The van der Waals surface area contributed by atoms with Crippen molar-refractivity contribution < 1.29 is 14.7 Å². The van der Waals surface area contributed by atoms with Gasteiger partial charge in [-0.1, -0.05) is 49.4 Å². The van der Waals surface area contributed by atoms with Crippen LogP contribution in [0.1, 0.15) is 31.2 Å². The van der Waals surface area contributed by atoms with Gasteiger partial charge in [-0.3, -0.25) is 9.59 Å². The van der Waals surface area contributed by atoms with Gasteiger partial charge in [-0.25, -0.2) is 0 Å². The topological polar surface area (TPSA) is 66.4 Å². The SMILES string of the molecule is CC(CNC(=O)C1CC1c1ccc2ccccc2c1)CC(=O)O. The van der Waals surface area contributed by atoms with Gasteiger partial charge in [0.25, 0.3) is 0 Å². The number of carboxylic acid groups (broad SMARTS) is 1. The lowest BCUT2D eigenvalue weighted by molar-refractivity contribution is -0.138. The van der Waals surface area contributed by atoms with E-state index >= 15 is 0 Å². The van der Waals surface area contributed by atoms with Crippen molar-refractivity contribution in [2.45, 2.75) is 25.7 Å². The Morgan fingerprint density at radius 3 is 2.70 bits per heavy atom. The summed E-state index contributed by atoms with van der Waals surface area (Å²) >= 11 is 0. The summed E-state index contributed by atoms with van der Waals surface area (Å²) in [6.45, 7) is 2.26. The molecule has 0 radical (unpaired) electrons. The summed E-state index contributed by atoms with van der Waals surface area (Å²) in [5.74, 6) is -0.524. The van der Waals surface area contributed by atoms with Crippen LogP contribution < -0.4 is 5.32 Å². The summed E-state index contributed by atoms with van der Waals surface area (Å²) in [6, 6.07) is 14.6. The van der Waals surface area contributed by atoms with Gasteiger partial charge in [0, 0.05) is 18.9 Å². The average molecular weight is 311 g/mol. The van der Waals surface area contributed by atoms with Crippen molar-refractivity contribution in [3.8, 4) is 0 Å². The molecule has 3 unspecified atom stereocenters. The Labute approximate surface area is 135 Å². The van der Waals surface area contributed by atoms with E-state index in [1.165, 1.54) is 16.3 Å². The highest BCUT2D eigenvalue weighted by molar-refractivity contribution is 5.85. The first-order chi connectivity index (χ1) is 11.0. The second kappa shape index (κ2) is 6.41. The molecule has 0 heterocycles. The summed E-state index contributed by atoms with van der Waals surface area (Å²) in [7, 11) is 0. The van der Waals surface area contributed by atoms with Gasteiger partial charge in [0.1, 0.15) is 0 Å². The molecule has 1 aliphatic rings. The van der Waals surface area contributed by atoms with Crippen LogP contribution in [0.4, 0.5) is 0 Å². The third-order valence-electron chi connectivity index (χ3n) is 4.48. The van der Waals surface area contributed by atoms with E-state index in [2.05, 4.69) is 35.6 Å². The van der Waals surface area contributed by atoms with E-state index in [0.29, 0.717) is 6.54 Å². The van der Waals surface area contributed by atoms with Crippen LogP contribution in [0.3, 0.4) is 0 Å². The molecule has 0 aromatic heterocycles. The highest BCUT2D eigenvalue weighted by atomic mass is 16.4. The number of rotatable bonds is 6. The van der Waals surface area contributed by atoms with Gasteiger partial charge in [-0.2, -0.15) is 0 Å². The molecular weight excluding hydrogens is 290 g/mol. The van der Waals surface area contributed by atoms with Gasteiger partial charge in [-0.15, -0.1) is 0 Å². The maximum absolute atomic E-state index is 12.2. The van der Waals surface area contributed by atoms with Crippen LogP contribution in [0.25, 0.3) is 10.8 Å². The van der Waals surface area contributed by atoms with Crippen molar-refractivity contribution in [3.05, 3.63) is 48.0 Å². The van der Waals surface area contributed by atoms with Gasteiger partial charge < -0.3 is 10.4 Å². The largest absolute Gasteiger partial charge is 0.481 e. The molecule has 0 spiro atoms. The molecule has 2 N–H and O–H groups in total. The Kier molecular flexibility index (Phi) is 4.33. The van der Waals surface area contributed by atoms with E-state index in [9.17, 15) is 9.59 Å². The lowest BCUT2D eigenvalue weighted by Gasteiger charge is -2.10. The summed E-state index contributed by atoms with van der Waals surface area (Å²) in [6.07, 6.45) is 0.955. The zero-order valence-electron chi connectivity index (χ0n) is 13.2. The molecule has 3 rings (SSSR count). The maximum atomic E-state index is 12.2. The molecular formula is C19H21NO3. The summed E-state index contributed by atoms with van der Waals surface area (Å²) in [4.78, 5) is 22.8. The number of benzene rings is 2. The summed E-state index contributed by atoms with van der Waals surface area (Å²) in [5, 5.41) is 14.0. The van der Waals surface area contributed by atoms with Crippen molar-refractivity contribution >= 4 is 22.6 Å². The second-order valence-electron chi connectivity index (χ2n) is 6.50. The predicted molar refractivity (Wildman–Crippen MR) is 89.2 cm³/mol. The van der Waals surface area contributed by atoms with Gasteiger partial charge in [0.05, 0.1) is 0 Å². The van der Waals surface area contributed by atoms with Crippen LogP contribution in [0, 0.1) is 11.8 Å². The first-order valence-corrected chi connectivity index (χ1v) is 8.03. The summed E-state index contributed by atoms with van der Waals surface area (Å²) in [5.41, 5.74) is 1.21. The minimum absolute atomic E-state index is 0.0215. The number of carboxylic acids is 1. The van der Waals surface area contributed by atoms with Gasteiger partial charge in [-0.05, 0) is 34.6 Å². The molecule has 23 heavy (non-hydrogen) atoms. The zero-order valence-corrected chi connectivity index (χ0v) is 13.2. The molecule has 1 saturated carbocycles. The molecule has 2 aromatic rings. The lowest BCUT2D eigenvalue weighted by atomic mass is 10.0. The molecule has 0 saturated heterocycles. The number of hydrogen-bond donors (Lipinski definition) is 2. The van der Waals surface area contributed by atoms with Crippen molar-refractivity contribution in [3.63, 3.8) is 0 Å². The minimum Gasteiger partial charge on any atom is -0.481 e. The monoisotopic (exact) mass is 311 g/mol. The standard InChI is InChI=1S/C19H21NO3/c1-12(8-18(21)22)11-20-19(23)17-10-16(17)15-7-6-13-4-2-3-5-14(13)9-15/h2-7,9,12,16-17H,8,10-11H2,1H3,(H,20,23)(H,21,22). The number of carbonyl (C=O) groups excluding carboxylic acids is 1. The lowest BCUT2D eigenvalue weighted by Crippen LogP contribution is -2.30. The fourth-order valence-corrected chi connectivity index (χ4v) is 3.07. The molecule has 1 fully saturated rings. The van der Waals surface area contributed by atoms with Crippen molar-refractivity contribution in [1.82, 2.24) is 5.32 Å². The Morgan fingerprint density at radius 2 is 1.96 bits per heavy atom. The first kappa shape index (κ1) is 15.5. The maximum Gasteiger partial charge on any atom is 0.303 e. The van der Waals surface area contributed by atoms with E-state index < -0.39 is 5.97 Å². The molecule has 4 nitrogen and oxygen atoms in total. The Balaban J connectivity index is 1.57. The van der Waals surface area contributed by atoms with E-state index in [4.69, 9.17) is 5.11 Å². The quantitative estimate of drug-likeness (QED) is 0.861. The van der Waals surface area contributed by atoms with Crippen LogP contribution >= 0.6 is 0 Å².